The maximum absolute atomic E-state index is 15.2. The van der Waals surface area contributed by atoms with Gasteiger partial charge in [-0.25, -0.2) is 37.5 Å². The molecule has 0 N–H and O–H groups in total. The summed E-state index contributed by atoms with van der Waals surface area (Å²) < 4.78 is 306. The Morgan fingerprint density at radius 1 is 0.333 bits per heavy atom. The fourth-order valence-corrected chi connectivity index (χ4v) is 6.20. The second-order valence-electron chi connectivity index (χ2n) is 13.6. The standard InChI is InChI=1S/C38H10F20N4O4/c39-21-19(35(49,50)51)23(41)27-29(25(21)43)65-17-5-11(1-3-15(17)63-27)13-7-59-31(60-8-13)33(45,46)37(55,56)38(57,58)34(47,48)32-61-9-14(10-62-32)12-2-4-16-18(6-12)66-30-26(44)22(40)20(36(52,53)54)24(42)28(30)64-16/h1-10H. The van der Waals surface area contributed by atoms with Crippen LogP contribution < -0.4 is 18.9 Å². The predicted molar refractivity (Wildman–Crippen MR) is 176 cm³/mol. The van der Waals surface area contributed by atoms with Crippen LogP contribution in [-0.4, -0.2) is 31.8 Å². The molecular formula is C38H10F20N4O4. The van der Waals surface area contributed by atoms with Gasteiger partial charge >= 0.3 is 36.0 Å². The van der Waals surface area contributed by atoms with Crippen LogP contribution in [0.1, 0.15) is 22.8 Å². The van der Waals surface area contributed by atoms with E-state index >= 15 is 35.1 Å². The Morgan fingerprint density at radius 2 is 0.621 bits per heavy atom. The minimum absolute atomic E-state index is 0.271. The molecule has 0 amide bonds. The molecule has 66 heavy (non-hydrogen) atoms. The van der Waals surface area contributed by atoms with Crippen molar-refractivity contribution >= 4 is 0 Å². The van der Waals surface area contributed by atoms with Crippen LogP contribution in [0.25, 0.3) is 22.3 Å². The molecule has 4 heterocycles. The van der Waals surface area contributed by atoms with Crippen molar-refractivity contribution < 1.29 is 107 Å². The number of nitrogens with zero attached hydrogens (tertiary/aromatic N) is 4. The molecule has 0 atom stereocenters. The van der Waals surface area contributed by atoms with Crippen molar-refractivity contribution in [2.24, 2.45) is 0 Å². The first kappa shape index (κ1) is 45.4. The maximum atomic E-state index is 15.2. The summed E-state index contributed by atoms with van der Waals surface area (Å²) >= 11 is 0. The molecule has 4 aromatic carbocycles. The van der Waals surface area contributed by atoms with Gasteiger partial charge in [-0.1, -0.05) is 12.1 Å². The summed E-state index contributed by atoms with van der Waals surface area (Å²) in [6, 6.07) is 4.98. The Morgan fingerprint density at radius 3 is 0.924 bits per heavy atom. The lowest BCUT2D eigenvalue weighted by Gasteiger charge is -2.35. The fraction of sp³-hybridized carbons (Fsp3) is 0.158. The van der Waals surface area contributed by atoms with E-state index in [0.717, 1.165) is 36.4 Å². The Kier molecular flexibility index (Phi) is 10.1. The Hall–Kier alpha value is -7.16. The lowest BCUT2D eigenvalue weighted by molar-refractivity contribution is -0.377. The van der Waals surface area contributed by atoms with E-state index in [4.69, 9.17) is 18.9 Å². The largest absolute Gasteiger partial charge is 0.446 e. The van der Waals surface area contributed by atoms with Crippen molar-refractivity contribution in [1.82, 2.24) is 19.9 Å². The molecule has 0 spiro atoms. The molecule has 2 aliphatic heterocycles. The van der Waals surface area contributed by atoms with Gasteiger partial charge in [0.15, 0.2) is 46.3 Å². The highest BCUT2D eigenvalue weighted by Crippen LogP contribution is 2.59. The number of aromatic nitrogens is 4. The molecule has 0 saturated heterocycles. The quantitative estimate of drug-likeness (QED) is 0.115. The third-order valence-corrected chi connectivity index (χ3v) is 9.49. The van der Waals surface area contributed by atoms with Crippen molar-refractivity contribution in [3.63, 3.8) is 0 Å². The molecule has 2 aromatic heterocycles. The zero-order chi connectivity index (χ0) is 48.4. The Balaban J connectivity index is 1.01. The smallest absolute Gasteiger partial charge is 0.422 e. The van der Waals surface area contributed by atoms with Crippen molar-refractivity contribution in [2.45, 2.75) is 36.0 Å². The van der Waals surface area contributed by atoms with Gasteiger partial charge in [-0.3, -0.25) is 0 Å². The first-order valence-corrected chi connectivity index (χ1v) is 17.2. The lowest BCUT2D eigenvalue weighted by atomic mass is 9.97. The van der Waals surface area contributed by atoms with Crippen LogP contribution in [0.5, 0.6) is 46.0 Å². The molecule has 2 aliphatic rings. The van der Waals surface area contributed by atoms with Gasteiger partial charge < -0.3 is 18.9 Å². The van der Waals surface area contributed by atoms with E-state index in [0.29, 0.717) is 0 Å². The molecule has 346 valence electrons. The minimum Gasteiger partial charge on any atom is -0.446 e. The summed E-state index contributed by atoms with van der Waals surface area (Å²) in [5, 5.41) is 0. The van der Waals surface area contributed by atoms with E-state index < -0.39 is 151 Å². The van der Waals surface area contributed by atoms with Gasteiger partial charge in [-0.05, 0) is 35.4 Å². The monoisotopic (exact) mass is 966 g/mol. The molecule has 8 nitrogen and oxygen atoms in total. The van der Waals surface area contributed by atoms with E-state index in [1.54, 1.807) is 0 Å². The van der Waals surface area contributed by atoms with Crippen LogP contribution >= 0.6 is 0 Å². The molecule has 0 saturated carbocycles. The first-order valence-electron chi connectivity index (χ1n) is 17.2. The fourth-order valence-electron chi connectivity index (χ4n) is 6.20. The number of benzene rings is 4. The molecule has 0 bridgehead atoms. The average molecular weight is 966 g/mol. The summed E-state index contributed by atoms with van der Waals surface area (Å²) in [6.45, 7) is 0. The van der Waals surface area contributed by atoms with Crippen molar-refractivity contribution in [3.05, 3.63) is 119 Å². The summed E-state index contributed by atoms with van der Waals surface area (Å²) in [5.41, 5.74) is -6.89. The number of halogens is 20. The lowest BCUT2D eigenvalue weighted by Crippen LogP contribution is -2.60. The summed E-state index contributed by atoms with van der Waals surface area (Å²) in [6.07, 6.45) is -10.4. The first-order chi connectivity index (χ1) is 30.5. The minimum atomic E-state index is -7.07. The van der Waals surface area contributed by atoms with E-state index in [-0.39, 0.29) is 35.9 Å². The van der Waals surface area contributed by atoms with Crippen LogP contribution in [0.3, 0.4) is 0 Å². The van der Waals surface area contributed by atoms with E-state index in [1.807, 2.05) is 0 Å². The summed E-state index contributed by atoms with van der Waals surface area (Å²) in [4.78, 5) is 11.5. The zero-order valence-corrected chi connectivity index (χ0v) is 30.8. The molecule has 8 rings (SSSR count). The van der Waals surface area contributed by atoms with Gasteiger partial charge in [0, 0.05) is 35.9 Å². The molecule has 0 radical (unpaired) electrons. The third kappa shape index (κ3) is 6.77. The SMILES string of the molecule is Fc1c(F)c(C(F)(F)F)c(F)c2c1Oc1cc(-c3cnc(C(F)(F)C(F)(F)C(F)(F)C(F)(F)c4ncc(-c5ccc6c(c5)Oc5c(F)c(F)c(C(F)(F)F)c(F)c5O6)cn4)nc3)ccc1O2. The van der Waals surface area contributed by atoms with Crippen molar-refractivity contribution in [1.29, 1.82) is 0 Å². The highest BCUT2D eigenvalue weighted by atomic mass is 19.4. The van der Waals surface area contributed by atoms with E-state index in [2.05, 4.69) is 19.9 Å². The van der Waals surface area contributed by atoms with Gasteiger partial charge in [0.2, 0.25) is 46.3 Å². The average Bonchev–Trinajstić information content (AvgIpc) is 3.25. The summed E-state index contributed by atoms with van der Waals surface area (Å²) in [7, 11) is 0. The molecule has 0 aliphatic carbocycles. The predicted octanol–water partition coefficient (Wildman–Crippen LogP) is 13.4. The number of alkyl halides is 14. The number of hydrogen-bond acceptors (Lipinski definition) is 8. The molecule has 0 unspecified atom stereocenters. The van der Waals surface area contributed by atoms with Crippen LogP contribution in [0.2, 0.25) is 0 Å². The van der Waals surface area contributed by atoms with E-state index in [9.17, 15) is 52.7 Å². The van der Waals surface area contributed by atoms with Crippen molar-refractivity contribution in [2.75, 3.05) is 0 Å². The second-order valence-corrected chi connectivity index (χ2v) is 13.6. The maximum Gasteiger partial charge on any atom is 0.422 e. The number of hydrogen-bond donors (Lipinski definition) is 0. The van der Waals surface area contributed by atoms with Crippen molar-refractivity contribution in [3.8, 4) is 68.2 Å². The Labute approximate surface area is 350 Å². The van der Waals surface area contributed by atoms with Gasteiger partial charge in [0.25, 0.3) is 0 Å². The number of rotatable bonds is 7. The van der Waals surface area contributed by atoms with Gasteiger partial charge in [0.05, 0.1) is 0 Å². The van der Waals surface area contributed by atoms with Crippen LogP contribution in [0.15, 0.2) is 61.2 Å². The molecule has 6 aromatic rings. The molecule has 28 heteroatoms. The Bertz CT molecular complexity index is 2780. The van der Waals surface area contributed by atoms with Gasteiger partial charge in [-0.2, -0.15) is 70.2 Å². The second kappa shape index (κ2) is 14.7. The highest BCUT2D eigenvalue weighted by molar-refractivity contribution is 5.70. The topological polar surface area (TPSA) is 88.5 Å². The molecule has 0 fully saturated rings. The van der Waals surface area contributed by atoms with Crippen LogP contribution in [0.4, 0.5) is 87.8 Å². The van der Waals surface area contributed by atoms with Gasteiger partial charge in [-0.15, -0.1) is 0 Å². The van der Waals surface area contributed by atoms with Crippen LogP contribution in [0, 0.1) is 34.9 Å². The zero-order valence-electron chi connectivity index (χ0n) is 30.8. The normalized spacial score (nSPS) is 13.9. The molecular weight excluding hydrogens is 956 g/mol. The van der Waals surface area contributed by atoms with E-state index in [1.165, 1.54) is 0 Å². The number of ether oxygens (including phenoxy) is 4. The highest BCUT2D eigenvalue weighted by Gasteiger charge is 2.83. The van der Waals surface area contributed by atoms with Gasteiger partial charge in [0.1, 0.15) is 11.1 Å². The van der Waals surface area contributed by atoms with Crippen LogP contribution in [-0.2, 0) is 24.2 Å². The summed E-state index contributed by atoms with van der Waals surface area (Å²) in [5.74, 6) is -55.3. The third-order valence-electron chi connectivity index (χ3n) is 9.49. The number of fused-ring (bicyclic) bond motifs is 4.